The molecule has 1 amide bonds. The second kappa shape index (κ2) is 8.91. The van der Waals surface area contributed by atoms with Gasteiger partial charge in [-0.3, -0.25) is 4.79 Å². The van der Waals surface area contributed by atoms with Crippen molar-refractivity contribution in [1.82, 2.24) is 5.32 Å². The maximum Gasteiger partial charge on any atom is 0.261 e. The third-order valence-electron chi connectivity index (χ3n) is 3.46. The van der Waals surface area contributed by atoms with Gasteiger partial charge in [0, 0.05) is 0 Å². The van der Waals surface area contributed by atoms with E-state index in [9.17, 15) is 9.18 Å². The Labute approximate surface area is 141 Å². The molecule has 2 aromatic carbocycles. The molecule has 1 atom stereocenters. The molecule has 128 valence electrons. The van der Waals surface area contributed by atoms with E-state index >= 15 is 0 Å². The minimum atomic E-state index is -0.735. The van der Waals surface area contributed by atoms with Gasteiger partial charge in [0.05, 0.1) is 6.54 Å². The molecule has 0 saturated carbocycles. The van der Waals surface area contributed by atoms with Crippen LogP contribution in [-0.2, 0) is 4.79 Å². The fourth-order valence-electron chi connectivity index (χ4n) is 2.11. The normalized spacial score (nSPS) is 11.6. The minimum absolute atomic E-state index is 0.0791. The first kappa shape index (κ1) is 17.8. The Hall–Kier alpha value is -2.56. The average Bonchev–Trinajstić information content (AvgIpc) is 2.59. The summed E-state index contributed by atoms with van der Waals surface area (Å²) in [6.45, 7) is 4.52. The van der Waals surface area contributed by atoms with Crippen LogP contribution in [0, 0.1) is 12.7 Å². The van der Waals surface area contributed by atoms with E-state index in [-0.39, 0.29) is 11.7 Å². The molecule has 0 bridgehead atoms. The summed E-state index contributed by atoms with van der Waals surface area (Å²) in [5.41, 5.74) is 1.16. The van der Waals surface area contributed by atoms with E-state index in [0.717, 1.165) is 11.3 Å². The smallest absolute Gasteiger partial charge is 0.261 e. The van der Waals surface area contributed by atoms with Crippen molar-refractivity contribution in [2.24, 2.45) is 0 Å². The molecule has 0 unspecified atom stereocenters. The van der Waals surface area contributed by atoms with Gasteiger partial charge in [-0.25, -0.2) is 4.39 Å². The van der Waals surface area contributed by atoms with Crippen LogP contribution in [0.15, 0.2) is 48.5 Å². The van der Waals surface area contributed by atoms with Crippen LogP contribution in [0.2, 0.25) is 0 Å². The Morgan fingerprint density at radius 1 is 1.17 bits per heavy atom. The van der Waals surface area contributed by atoms with Crippen molar-refractivity contribution in [2.45, 2.75) is 26.4 Å². The average molecular weight is 331 g/mol. The van der Waals surface area contributed by atoms with Crippen LogP contribution in [0.3, 0.4) is 0 Å². The van der Waals surface area contributed by atoms with Crippen LogP contribution in [-0.4, -0.2) is 25.2 Å². The maximum atomic E-state index is 13.6. The van der Waals surface area contributed by atoms with Gasteiger partial charge in [0.15, 0.2) is 17.7 Å². The van der Waals surface area contributed by atoms with Crippen LogP contribution >= 0.6 is 0 Å². The number of ether oxygens (including phenoxy) is 2. The lowest BCUT2D eigenvalue weighted by Gasteiger charge is -2.17. The van der Waals surface area contributed by atoms with Crippen LogP contribution < -0.4 is 14.8 Å². The lowest BCUT2D eigenvalue weighted by Crippen LogP contribution is -2.39. The van der Waals surface area contributed by atoms with E-state index in [0.29, 0.717) is 19.6 Å². The third kappa shape index (κ3) is 5.26. The highest BCUT2D eigenvalue weighted by Crippen LogP contribution is 2.18. The van der Waals surface area contributed by atoms with E-state index in [4.69, 9.17) is 9.47 Å². The number of carbonyl (C=O) groups excluding carboxylic acids is 1. The van der Waals surface area contributed by atoms with E-state index in [1.54, 1.807) is 12.1 Å². The SMILES string of the molecule is CC[C@@H](Oc1ccccc1F)C(=O)NCCOc1ccc(C)cc1. The van der Waals surface area contributed by atoms with E-state index in [2.05, 4.69) is 5.32 Å². The molecule has 5 heteroatoms. The maximum absolute atomic E-state index is 13.6. The molecule has 0 spiro atoms. The van der Waals surface area contributed by atoms with Crippen LogP contribution in [0.5, 0.6) is 11.5 Å². The van der Waals surface area contributed by atoms with Crippen molar-refractivity contribution in [3.63, 3.8) is 0 Å². The molecule has 0 fully saturated rings. The van der Waals surface area contributed by atoms with Crippen molar-refractivity contribution in [3.8, 4) is 11.5 Å². The summed E-state index contributed by atoms with van der Waals surface area (Å²) in [6.07, 6.45) is -0.291. The summed E-state index contributed by atoms with van der Waals surface area (Å²) in [5.74, 6) is 0.0691. The van der Waals surface area contributed by atoms with Crippen molar-refractivity contribution >= 4 is 5.91 Å². The zero-order chi connectivity index (χ0) is 17.4. The zero-order valence-corrected chi connectivity index (χ0v) is 13.9. The van der Waals surface area contributed by atoms with Crippen molar-refractivity contribution in [3.05, 3.63) is 59.9 Å². The third-order valence-corrected chi connectivity index (χ3v) is 3.46. The van der Waals surface area contributed by atoms with Gasteiger partial charge < -0.3 is 14.8 Å². The Morgan fingerprint density at radius 2 is 1.88 bits per heavy atom. The van der Waals surface area contributed by atoms with Gasteiger partial charge in [-0.2, -0.15) is 0 Å². The van der Waals surface area contributed by atoms with E-state index < -0.39 is 11.9 Å². The van der Waals surface area contributed by atoms with Gasteiger partial charge in [0.2, 0.25) is 0 Å². The molecule has 0 aliphatic rings. The second-order valence-corrected chi connectivity index (χ2v) is 5.40. The second-order valence-electron chi connectivity index (χ2n) is 5.40. The number of benzene rings is 2. The van der Waals surface area contributed by atoms with Crippen LogP contribution in [0.25, 0.3) is 0 Å². The van der Waals surface area contributed by atoms with Crippen molar-refractivity contribution in [2.75, 3.05) is 13.2 Å². The molecule has 0 aliphatic carbocycles. The number of hydrogen-bond donors (Lipinski definition) is 1. The van der Waals surface area contributed by atoms with Crippen molar-refractivity contribution < 1.29 is 18.7 Å². The molecule has 24 heavy (non-hydrogen) atoms. The number of para-hydroxylation sites is 1. The number of hydrogen-bond acceptors (Lipinski definition) is 3. The molecule has 0 heterocycles. The van der Waals surface area contributed by atoms with Gasteiger partial charge in [-0.1, -0.05) is 36.8 Å². The quantitative estimate of drug-likeness (QED) is 0.753. The zero-order valence-electron chi connectivity index (χ0n) is 13.9. The van der Waals surface area contributed by atoms with Gasteiger partial charge in [0.25, 0.3) is 5.91 Å². The first-order chi connectivity index (χ1) is 11.6. The topological polar surface area (TPSA) is 47.6 Å². The molecule has 2 aromatic rings. The Morgan fingerprint density at radius 3 is 2.54 bits per heavy atom. The van der Waals surface area contributed by atoms with E-state index in [1.807, 2.05) is 38.1 Å². The first-order valence-corrected chi connectivity index (χ1v) is 7.98. The molecule has 2 rings (SSSR count). The summed E-state index contributed by atoms with van der Waals surface area (Å²) >= 11 is 0. The number of amides is 1. The first-order valence-electron chi connectivity index (χ1n) is 7.98. The Kier molecular flexibility index (Phi) is 6.61. The van der Waals surface area contributed by atoms with Gasteiger partial charge in [-0.05, 0) is 37.6 Å². The number of halogens is 1. The minimum Gasteiger partial charge on any atom is -0.492 e. The Bertz CT molecular complexity index is 658. The molecular weight excluding hydrogens is 309 g/mol. The number of nitrogens with one attached hydrogen (secondary N) is 1. The van der Waals surface area contributed by atoms with Gasteiger partial charge in [-0.15, -0.1) is 0 Å². The lowest BCUT2D eigenvalue weighted by atomic mass is 10.2. The van der Waals surface area contributed by atoms with Crippen molar-refractivity contribution in [1.29, 1.82) is 0 Å². The largest absolute Gasteiger partial charge is 0.492 e. The fourth-order valence-corrected chi connectivity index (χ4v) is 2.11. The summed E-state index contributed by atoms with van der Waals surface area (Å²) in [4.78, 5) is 12.1. The molecule has 0 radical (unpaired) electrons. The highest BCUT2D eigenvalue weighted by atomic mass is 19.1. The van der Waals surface area contributed by atoms with Gasteiger partial charge >= 0.3 is 0 Å². The number of aryl methyl sites for hydroxylation is 1. The van der Waals surface area contributed by atoms with Gasteiger partial charge in [0.1, 0.15) is 12.4 Å². The summed E-state index contributed by atoms with van der Waals surface area (Å²) in [6, 6.07) is 13.7. The van der Waals surface area contributed by atoms with E-state index in [1.165, 1.54) is 12.1 Å². The highest BCUT2D eigenvalue weighted by Gasteiger charge is 2.19. The number of rotatable bonds is 8. The highest BCUT2D eigenvalue weighted by molar-refractivity contribution is 5.81. The predicted octanol–water partition coefficient (Wildman–Crippen LogP) is 3.49. The molecule has 0 aromatic heterocycles. The molecular formula is C19H22FNO3. The predicted molar refractivity (Wildman–Crippen MR) is 90.8 cm³/mol. The summed E-state index contributed by atoms with van der Waals surface area (Å²) < 4.78 is 24.6. The lowest BCUT2D eigenvalue weighted by molar-refractivity contribution is -0.128. The molecule has 0 aliphatic heterocycles. The molecule has 4 nitrogen and oxygen atoms in total. The van der Waals surface area contributed by atoms with Crippen LogP contribution in [0.1, 0.15) is 18.9 Å². The number of carbonyl (C=O) groups is 1. The fraction of sp³-hybridized carbons (Fsp3) is 0.316. The monoisotopic (exact) mass is 331 g/mol. The Balaban J connectivity index is 1.77. The summed E-state index contributed by atoms with van der Waals surface area (Å²) in [5, 5.41) is 2.74. The summed E-state index contributed by atoms with van der Waals surface area (Å²) in [7, 11) is 0. The molecule has 0 saturated heterocycles. The van der Waals surface area contributed by atoms with Crippen LogP contribution in [0.4, 0.5) is 4.39 Å². The standard InChI is InChI=1S/C19H22FNO3/c1-3-17(24-18-7-5-4-6-16(18)20)19(22)21-12-13-23-15-10-8-14(2)9-11-15/h4-11,17H,3,12-13H2,1-2H3,(H,21,22)/t17-/m1/s1. The molecule has 1 N–H and O–H groups in total.